The van der Waals surface area contributed by atoms with Crippen molar-refractivity contribution in [3.63, 3.8) is 0 Å². The predicted molar refractivity (Wildman–Crippen MR) is 85.0 cm³/mol. The average Bonchev–Trinajstić information content (AvgIpc) is 2.52. The molecule has 1 aromatic heterocycles. The molecule has 0 radical (unpaired) electrons. The van der Waals surface area contributed by atoms with Gasteiger partial charge in [0.2, 0.25) is 5.88 Å². The van der Waals surface area contributed by atoms with E-state index in [2.05, 4.69) is 15.2 Å². The van der Waals surface area contributed by atoms with E-state index in [9.17, 15) is 14.7 Å². The van der Waals surface area contributed by atoms with Gasteiger partial charge in [0.1, 0.15) is 5.56 Å². The molecule has 122 valence electrons. The van der Waals surface area contributed by atoms with E-state index >= 15 is 0 Å². The molecule has 2 rings (SSSR count). The molecule has 2 N–H and O–H groups in total. The lowest BCUT2D eigenvalue weighted by Gasteiger charge is -2.26. The Morgan fingerprint density at radius 3 is 2.50 bits per heavy atom. The molecule has 8 heteroatoms. The maximum Gasteiger partial charge on any atom is 0.333 e. The highest BCUT2D eigenvalue weighted by Crippen LogP contribution is 2.10. The van der Waals surface area contributed by atoms with E-state index in [0.717, 1.165) is 41.9 Å². The van der Waals surface area contributed by atoms with Gasteiger partial charge in [-0.15, -0.1) is 0 Å². The summed E-state index contributed by atoms with van der Waals surface area (Å²) in [6, 6.07) is 0. The van der Waals surface area contributed by atoms with Crippen LogP contribution in [-0.2, 0) is 14.1 Å². The van der Waals surface area contributed by atoms with Crippen LogP contribution in [-0.4, -0.2) is 64.1 Å². The maximum absolute atomic E-state index is 12.2. The fourth-order valence-electron chi connectivity index (χ4n) is 2.52. The Morgan fingerprint density at radius 1 is 1.23 bits per heavy atom. The molecule has 0 aromatic carbocycles. The lowest BCUT2D eigenvalue weighted by atomic mass is 10.2. The summed E-state index contributed by atoms with van der Waals surface area (Å²) in [6.07, 6.45) is 0. The molecule has 8 nitrogen and oxygen atoms in total. The number of hydrogen-bond acceptors (Lipinski definition) is 6. The predicted octanol–water partition coefficient (Wildman–Crippen LogP) is -1.50. The highest BCUT2D eigenvalue weighted by atomic mass is 16.3. The zero-order chi connectivity index (χ0) is 16.3. The van der Waals surface area contributed by atoms with Crippen molar-refractivity contribution in [3.05, 3.63) is 26.4 Å². The molecule has 1 aliphatic heterocycles. The van der Waals surface area contributed by atoms with Crippen LogP contribution in [0.2, 0.25) is 0 Å². The molecule has 2 heterocycles. The van der Waals surface area contributed by atoms with Crippen molar-refractivity contribution in [2.45, 2.75) is 6.92 Å². The van der Waals surface area contributed by atoms with Gasteiger partial charge in [-0.1, -0.05) is 0 Å². The highest BCUT2D eigenvalue weighted by molar-refractivity contribution is 6.00. The Hall–Kier alpha value is -1.93. The Bertz CT molecular complexity index is 683. The highest BCUT2D eigenvalue weighted by Gasteiger charge is 2.17. The smallest absolute Gasteiger partial charge is 0.333 e. The first-order valence-electron chi connectivity index (χ1n) is 7.37. The van der Waals surface area contributed by atoms with Crippen molar-refractivity contribution in [1.82, 2.24) is 19.4 Å². The van der Waals surface area contributed by atoms with Crippen molar-refractivity contribution >= 4 is 5.71 Å². The zero-order valence-electron chi connectivity index (χ0n) is 13.3. The minimum absolute atomic E-state index is 0.0879. The Kier molecular flexibility index (Phi) is 5.15. The summed E-state index contributed by atoms with van der Waals surface area (Å²) in [5.41, 5.74) is -0.544. The number of rotatable bonds is 4. The molecule has 0 atom stereocenters. The fourth-order valence-corrected chi connectivity index (χ4v) is 2.52. The minimum Gasteiger partial charge on any atom is -0.494 e. The van der Waals surface area contributed by atoms with Crippen LogP contribution in [0.1, 0.15) is 12.5 Å². The van der Waals surface area contributed by atoms with Gasteiger partial charge in [-0.25, -0.2) is 4.79 Å². The summed E-state index contributed by atoms with van der Waals surface area (Å²) in [5.74, 6) is -0.337. The lowest BCUT2D eigenvalue weighted by Crippen LogP contribution is -2.44. The van der Waals surface area contributed by atoms with Crippen LogP contribution < -0.4 is 16.6 Å². The summed E-state index contributed by atoms with van der Waals surface area (Å²) < 4.78 is 2.02. The number of aromatic hydroxyl groups is 1. The molecule has 1 fully saturated rings. The van der Waals surface area contributed by atoms with Gasteiger partial charge in [0.15, 0.2) is 0 Å². The van der Waals surface area contributed by atoms with Crippen LogP contribution in [0.15, 0.2) is 14.6 Å². The largest absolute Gasteiger partial charge is 0.494 e. The first-order valence-corrected chi connectivity index (χ1v) is 7.37. The third kappa shape index (κ3) is 3.28. The third-order valence-electron chi connectivity index (χ3n) is 3.97. The number of nitrogens with zero attached hydrogens (tertiary/aromatic N) is 4. The normalized spacial score (nSPS) is 17.0. The van der Waals surface area contributed by atoms with E-state index in [1.807, 2.05) is 0 Å². The van der Waals surface area contributed by atoms with Crippen LogP contribution in [0.25, 0.3) is 0 Å². The van der Waals surface area contributed by atoms with Crippen LogP contribution >= 0.6 is 0 Å². The van der Waals surface area contributed by atoms with Gasteiger partial charge >= 0.3 is 5.69 Å². The molecule has 0 spiro atoms. The summed E-state index contributed by atoms with van der Waals surface area (Å²) in [5, 5.41) is 13.3. The molecule has 1 aliphatic rings. The van der Waals surface area contributed by atoms with Crippen LogP contribution in [0.3, 0.4) is 0 Å². The third-order valence-corrected chi connectivity index (χ3v) is 3.97. The summed E-state index contributed by atoms with van der Waals surface area (Å²) in [7, 11) is 2.82. The van der Waals surface area contributed by atoms with E-state index in [-0.39, 0.29) is 11.4 Å². The minimum atomic E-state index is -0.556. The first kappa shape index (κ1) is 16.4. The number of aliphatic imine (C=N–C) groups is 1. The van der Waals surface area contributed by atoms with Gasteiger partial charge in [0.25, 0.3) is 5.56 Å². The summed E-state index contributed by atoms with van der Waals surface area (Å²) in [4.78, 5) is 30.6. The molecule has 0 unspecified atom stereocenters. The standard InChI is InChI=1S/C14H23N5O3/c1-10(16-6-9-19-7-4-15-5-8-19)11-12(20)17(2)14(22)18(3)13(11)21/h15,20H,4-9H2,1-3H3. The van der Waals surface area contributed by atoms with Crippen LogP contribution in [0.5, 0.6) is 5.88 Å². The number of aromatic nitrogens is 2. The Morgan fingerprint density at radius 2 is 1.86 bits per heavy atom. The molecule has 0 aliphatic carbocycles. The van der Waals surface area contributed by atoms with Gasteiger partial charge in [0.05, 0.1) is 6.54 Å². The van der Waals surface area contributed by atoms with E-state index < -0.39 is 11.2 Å². The van der Waals surface area contributed by atoms with Crippen molar-refractivity contribution in [1.29, 1.82) is 0 Å². The van der Waals surface area contributed by atoms with Gasteiger partial charge in [-0.05, 0) is 6.92 Å². The second-order valence-corrected chi connectivity index (χ2v) is 5.46. The topological polar surface area (TPSA) is 91.9 Å². The van der Waals surface area contributed by atoms with E-state index in [0.29, 0.717) is 12.3 Å². The molecule has 0 amide bonds. The molecular weight excluding hydrogens is 286 g/mol. The average molecular weight is 309 g/mol. The SMILES string of the molecule is CC(=NCCN1CCNCC1)c1c(O)n(C)c(=O)n(C)c1=O. The number of nitrogens with one attached hydrogen (secondary N) is 1. The zero-order valence-corrected chi connectivity index (χ0v) is 13.3. The van der Waals surface area contributed by atoms with E-state index in [1.165, 1.54) is 14.1 Å². The van der Waals surface area contributed by atoms with Crippen molar-refractivity contribution in [2.24, 2.45) is 19.1 Å². The first-order chi connectivity index (χ1) is 10.4. The van der Waals surface area contributed by atoms with Gasteiger partial charge in [0, 0.05) is 52.5 Å². The lowest BCUT2D eigenvalue weighted by molar-refractivity contribution is 0.247. The molecular formula is C14H23N5O3. The monoisotopic (exact) mass is 309 g/mol. The van der Waals surface area contributed by atoms with E-state index in [1.54, 1.807) is 6.92 Å². The Balaban J connectivity index is 2.18. The fraction of sp³-hybridized carbons (Fsp3) is 0.643. The van der Waals surface area contributed by atoms with Gasteiger partial charge in [-0.3, -0.25) is 23.8 Å². The van der Waals surface area contributed by atoms with E-state index in [4.69, 9.17) is 0 Å². The number of piperazine rings is 1. The van der Waals surface area contributed by atoms with Crippen molar-refractivity contribution < 1.29 is 5.11 Å². The molecule has 1 saturated heterocycles. The van der Waals surface area contributed by atoms with Crippen molar-refractivity contribution in [3.8, 4) is 5.88 Å². The summed E-state index contributed by atoms with van der Waals surface area (Å²) >= 11 is 0. The van der Waals surface area contributed by atoms with Crippen LogP contribution in [0, 0.1) is 0 Å². The molecule has 0 bridgehead atoms. The molecule has 22 heavy (non-hydrogen) atoms. The second-order valence-electron chi connectivity index (χ2n) is 5.46. The van der Waals surface area contributed by atoms with Gasteiger partial charge in [-0.2, -0.15) is 0 Å². The van der Waals surface area contributed by atoms with Crippen LogP contribution in [0.4, 0.5) is 0 Å². The van der Waals surface area contributed by atoms with Gasteiger partial charge < -0.3 is 10.4 Å². The quantitative estimate of drug-likeness (QED) is 0.661. The number of hydrogen-bond donors (Lipinski definition) is 2. The summed E-state index contributed by atoms with van der Waals surface area (Å²) in [6.45, 7) is 6.97. The Labute approximate surface area is 128 Å². The van der Waals surface area contributed by atoms with Crippen molar-refractivity contribution in [2.75, 3.05) is 39.3 Å². The second kappa shape index (κ2) is 6.89. The molecule has 1 aromatic rings. The maximum atomic E-state index is 12.2. The molecule has 0 saturated carbocycles.